The number of carbonyl (C=O) groups excluding carboxylic acids is 2. The standard InChI is InChI=1S/C23H31N3O3/c1-17-15-20(18(2)26(17)19-7-4-3-5-8-19)21(27)16-24-10-12-25(13-11-24)23(28)22-9-6-14-29-22/h6,9,14-15,19H,3-5,7-8,10-13,16H2,1-2H3. The fourth-order valence-corrected chi connectivity index (χ4v) is 4.91. The van der Waals surface area contributed by atoms with Gasteiger partial charge in [0.2, 0.25) is 0 Å². The van der Waals surface area contributed by atoms with Gasteiger partial charge in [0.25, 0.3) is 5.91 Å². The van der Waals surface area contributed by atoms with Crippen molar-refractivity contribution >= 4 is 11.7 Å². The van der Waals surface area contributed by atoms with Gasteiger partial charge in [0.05, 0.1) is 12.8 Å². The number of nitrogens with zero attached hydrogens (tertiary/aromatic N) is 3. The van der Waals surface area contributed by atoms with Crippen LogP contribution in [0.2, 0.25) is 0 Å². The Morgan fingerprint density at radius 1 is 1.07 bits per heavy atom. The number of Topliss-reactive ketones (excluding diaryl/α,β-unsaturated/α-hetero) is 1. The molecule has 0 spiro atoms. The summed E-state index contributed by atoms with van der Waals surface area (Å²) in [7, 11) is 0. The van der Waals surface area contributed by atoms with Gasteiger partial charge >= 0.3 is 0 Å². The zero-order valence-electron chi connectivity index (χ0n) is 17.5. The fraction of sp³-hybridized carbons (Fsp3) is 0.565. The van der Waals surface area contributed by atoms with E-state index in [9.17, 15) is 9.59 Å². The van der Waals surface area contributed by atoms with Crippen LogP contribution in [-0.2, 0) is 0 Å². The first-order valence-electron chi connectivity index (χ1n) is 10.8. The van der Waals surface area contributed by atoms with Gasteiger partial charge in [0.1, 0.15) is 0 Å². The van der Waals surface area contributed by atoms with Crippen molar-refractivity contribution in [3.8, 4) is 0 Å². The van der Waals surface area contributed by atoms with Crippen LogP contribution in [0, 0.1) is 13.8 Å². The van der Waals surface area contributed by atoms with Gasteiger partial charge in [-0.2, -0.15) is 0 Å². The van der Waals surface area contributed by atoms with E-state index in [0.29, 0.717) is 44.5 Å². The maximum atomic E-state index is 13.0. The summed E-state index contributed by atoms with van der Waals surface area (Å²) in [6, 6.07) is 6.04. The molecule has 4 rings (SSSR count). The molecule has 1 aliphatic heterocycles. The molecule has 6 heteroatoms. The molecule has 0 N–H and O–H groups in total. The molecule has 0 atom stereocenters. The van der Waals surface area contributed by atoms with E-state index in [1.54, 1.807) is 17.0 Å². The van der Waals surface area contributed by atoms with Crippen LogP contribution in [0.4, 0.5) is 0 Å². The van der Waals surface area contributed by atoms with Gasteiger partial charge in [-0.1, -0.05) is 19.3 Å². The van der Waals surface area contributed by atoms with Gasteiger partial charge in [-0.25, -0.2) is 0 Å². The maximum absolute atomic E-state index is 13.0. The highest BCUT2D eigenvalue weighted by atomic mass is 16.3. The smallest absolute Gasteiger partial charge is 0.289 e. The summed E-state index contributed by atoms with van der Waals surface area (Å²) in [6.45, 7) is 7.28. The number of rotatable bonds is 5. The molecule has 1 amide bonds. The number of hydrogen-bond acceptors (Lipinski definition) is 4. The highest BCUT2D eigenvalue weighted by molar-refractivity contribution is 5.99. The van der Waals surface area contributed by atoms with Crippen LogP contribution < -0.4 is 0 Å². The van der Waals surface area contributed by atoms with Gasteiger partial charge in [-0.05, 0) is 44.9 Å². The number of carbonyl (C=O) groups is 2. The largest absolute Gasteiger partial charge is 0.459 e. The van der Waals surface area contributed by atoms with Gasteiger partial charge < -0.3 is 13.9 Å². The lowest BCUT2D eigenvalue weighted by molar-refractivity contribution is 0.0596. The Morgan fingerprint density at radius 2 is 1.79 bits per heavy atom. The number of amides is 1. The SMILES string of the molecule is Cc1cc(C(=O)CN2CCN(C(=O)c3ccco3)CC2)c(C)n1C1CCCCC1. The molecule has 1 saturated carbocycles. The van der Waals surface area contributed by atoms with Crippen LogP contribution in [0.15, 0.2) is 28.9 Å². The Labute approximate surface area is 172 Å². The van der Waals surface area contributed by atoms with Gasteiger partial charge in [0, 0.05) is 49.2 Å². The molecule has 3 heterocycles. The Morgan fingerprint density at radius 3 is 2.45 bits per heavy atom. The average molecular weight is 398 g/mol. The van der Waals surface area contributed by atoms with Crippen LogP contribution in [0.1, 0.15) is 70.4 Å². The summed E-state index contributed by atoms with van der Waals surface area (Å²) in [5.41, 5.74) is 3.18. The minimum Gasteiger partial charge on any atom is -0.459 e. The van der Waals surface area contributed by atoms with Crippen LogP contribution in [-0.4, -0.2) is 58.8 Å². The number of ketones is 1. The quantitative estimate of drug-likeness (QED) is 0.719. The zero-order chi connectivity index (χ0) is 20.4. The highest BCUT2D eigenvalue weighted by Crippen LogP contribution is 2.32. The van der Waals surface area contributed by atoms with Crippen molar-refractivity contribution in [2.75, 3.05) is 32.7 Å². The second-order valence-corrected chi connectivity index (χ2v) is 8.42. The van der Waals surface area contributed by atoms with Crippen molar-refractivity contribution in [3.63, 3.8) is 0 Å². The molecule has 156 valence electrons. The monoisotopic (exact) mass is 397 g/mol. The first kappa shape index (κ1) is 20.0. The molecular formula is C23H31N3O3. The number of hydrogen-bond donors (Lipinski definition) is 0. The third kappa shape index (κ3) is 4.17. The Hall–Kier alpha value is -2.34. The zero-order valence-corrected chi connectivity index (χ0v) is 17.5. The fourth-order valence-electron chi connectivity index (χ4n) is 4.91. The van der Waals surface area contributed by atoms with Crippen LogP contribution in [0.3, 0.4) is 0 Å². The van der Waals surface area contributed by atoms with E-state index < -0.39 is 0 Å². The van der Waals surface area contributed by atoms with E-state index in [2.05, 4.69) is 29.4 Å². The molecular weight excluding hydrogens is 366 g/mol. The first-order valence-corrected chi connectivity index (χ1v) is 10.8. The molecule has 0 radical (unpaired) electrons. The molecule has 1 saturated heterocycles. The second kappa shape index (κ2) is 8.57. The normalized spacial score (nSPS) is 18.9. The number of aromatic nitrogens is 1. The van der Waals surface area contributed by atoms with E-state index in [0.717, 1.165) is 11.3 Å². The highest BCUT2D eigenvalue weighted by Gasteiger charge is 2.27. The molecule has 0 aromatic carbocycles. The van der Waals surface area contributed by atoms with Gasteiger partial charge in [-0.3, -0.25) is 14.5 Å². The topological polar surface area (TPSA) is 58.7 Å². The Bertz CT molecular complexity index is 854. The molecule has 1 aliphatic carbocycles. The summed E-state index contributed by atoms with van der Waals surface area (Å²) in [5, 5.41) is 0. The van der Waals surface area contributed by atoms with Crippen molar-refractivity contribution in [1.82, 2.24) is 14.4 Å². The first-order chi connectivity index (χ1) is 14.0. The molecule has 0 unspecified atom stereocenters. The van der Waals surface area contributed by atoms with E-state index in [4.69, 9.17) is 4.42 Å². The predicted octanol–water partition coefficient (Wildman–Crippen LogP) is 3.84. The molecule has 2 aliphatic rings. The van der Waals surface area contributed by atoms with Crippen molar-refractivity contribution < 1.29 is 14.0 Å². The molecule has 2 fully saturated rings. The lowest BCUT2D eigenvalue weighted by Gasteiger charge is -2.33. The van der Waals surface area contributed by atoms with E-state index in [1.165, 1.54) is 44.1 Å². The summed E-state index contributed by atoms with van der Waals surface area (Å²) >= 11 is 0. The van der Waals surface area contributed by atoms with Crippen LogP contribution in [0.25, 0.3) is 0 Å². The number of aryl methyl sites for hydroxylation is 1. The van der Waals surface area contributed by atoms with Crippen molar-refractivity contribution in [2.45, 2.75) is 52.0 Å². The van der Waals surface area contributed by atoms with E-state index in [1.807, 2.05) is 0 Å². The minimum atomic E-state index is -0.0722. The second-order valence-electron chi connectivity index (χ2n) is 8.42. The average Bonchev–Trinajstić information content (AvgIpc) is 3.37. The Kier molecular flexibility index (Phi) is 5.90. The maximum Gasteiger partial charge on any atom is 0.289 e. The predicted molar refractivity (Wildman–Crippen MR) is 111 cm³/mol. The lowest BCUT2D eigenvalue weighted by Crippen LogP contribution is -2.49. The van der Waals surface area contributed by atoms with Crippen molar-refractivity contribution in [2.24, 2.45) is 0 Å². The summed E-state index contributed by atoms with van der Waals surface area (Å²) in [4.78, 5) is 29.4. The van der Waals surface area contributed by atoms with Gasteiger partial charge in [-0.15, -0.1) is 0 Å². The minimum absolute atomic E-state index is 0.0722. The summed E-state index contributed by atoms with van der Waals surface area (Å²) < 4.78 is 7.61. The molecule has 2 aromatic rings. The molecule has 29 heavy (non-hydrogen) atoms. The van der Waals surface area contributed by atoms with E-state index in [-0.39, 0.29) is 11.7 Å². The molecule has 0 bridgehead atoms. The lowest BCUT2D eigenvalue weighted by atomic mass is 9.95. The molecule has 6 nitrogen and oxygen atoms in total. The van der Waals surface area contributed by atoms with E-state index >= 15 is 0 Å². The molecule has 2 aromatic heterocycles. The summed E-state index contributed by atoms with van der Waals surface area (Å²) in [6.07, 6.45) is 7.85. The third-order valence-corrected chi connectivity index (χ3v) is 6.48. The number of furan rings is 1. The van der Waals surface area contributed by atoms with Gasteiger partial charge in [0.15, 0.2) is 11.5 Å². The van der Waals surface area contributed by atoms with Crippen molar-refractivity contribution in [3.05, 3.63) is 47.2 Å². The van der Waals surface area contributed by atoms with Crippen molar-refractivity contribution in [1.29, 1.82) is 0 Å². The number of piperazine rings is 1. The van der Waals surface area contributed by atoms with Crippen LogP contribution >= 0.6 is 0 Å². The third-order valence-electron chi connectivity index (χ3n) is 6.48. The Balaban J connectivity index is 1.36. The van der Waals surface area contributed by atoms with Crippen LogP contribution in [0.5, 0.6) is 0 Å². The summed E-state index contributed by atoms with van der Waals surface area (Å²) in [5.74, 6) is 0.493.